The number of hydrogen-bond acceptors (Lipinski definition) is 2. The minimum Gasteiger partial charge on any atom is -0.481 e. The van der Waals surface area contributed by atoms with Gasteiger partial charge in [-0.2, -0.15) is 0 Å². The van der Waals surface area contributed by atoms with Crippen molar-refractivity contribution in [2.24, 2.45) is 0 Å². The Hall–Kier alpha value is -0.0500. The van der Waals surface area contributed by atoms with E-state index in [2.05, 4.69) is 0 Å². The second kappa shape index (κ2) is 3.36. The first-order chi connectivity index (χ1) is 5.77. The fraction of sp³-hybridized carbons (Fsp3) is 0.250. The van der Waals surface area contributed by atoms with Gasteiger partial charge in [-0.1, -0.05) is 23.2 Å². The van der Waals surface area contributed by atoms with Crippen LogP contribution in [0.4, 0.5) is 0 Å². The van der Waals surface area contributed by atoms with Gasteiger partial charge < -0.3 is 4.74 Å². The number of halogens is 2. The molecule has 1 nitrogen and oxygen atoms in total. The maximum atomic E-state index is 5.93. The summed E-state index contributed by atoms with van der Waals surface area (Å²) in [5.74, 6) is 2.39. The zero-order chi connectivity index (χ0) is 8.55. The van der Waals surface area contributed by atoms with Crippen LogP contribution in [-0.4, -0.2) is 5.94 Å². The van der Waals surface area contributed by atoms with Gasteiger partial charge in [0.1, 0.15) is 11.7 Å². The molecule has 0 fully saturated rings. The Bertz CT molecular complexity index is 314. The van der Waals surface area contributed by atoms with Crippen molar-refractivity contribution in [1.29, 1.82) is 0 Å². The maximum absolute atomic E-state index is 5.93. The standard InChI is InChI=1S/C8H6Cl2OS/c9-6-1-5-3-12-4-11-8(5)7(10)2-6/h1-2H,3-4H2. The van der Waals surface area contributed by atoms with Crippen LogP contribution in [0, 0.1) is 0 Å². The molecule has 1 aliphatic heterocycles. The van der Waals surface area contributed by atoms with E-state index in [-0.39, 0.29) is 0 Å². The SMILES string of the molecule is Clc1cc(Cl)c2c(c1)CSCO2. The molecule has 12 heavy (non-hydrogen) atoms. The molecule has 0 bridgehead atoms. The summed E-state index contributed by atoms with van der Waals surface area (Å²) in [5, 5.41) is 1.28. The van der Waals surface area contributed by atoms with E-state index < -0.39 is 0 Å². The first-order valence-electron chi connectivity index (χ1n) is 3.46. The van der Waals surface area contributed by atoms with Gasteiger partial charge in [-0.25, -0.2) is 0 Å². The van der Waals surface area contributed by atoms with Crippen molar-refractivity contribution in [2.75, 3.05) is 5.94 Å². The largest absolute Gasteiger partial charge is 0.481 e. The third-order valence-electron chi connectivity index (χ3n) is 1.63. The quantitative estimate of drug-likeness (QED) is 0.662. The minimum absolute atomic E-state index is 0.609. The molecule has 0 radical (unpaired) electrons. The monoisotopic (exact) mass is 220 g/mol. The highest BCUT2D eigenvalue weighted by atomic mass is 35.5. The molecule has 0 saturated heterocycles. The summed E-state index contributed by atoms with van der Waals surface area (Å²) in [6.45, 7) is 0. The van der Waals surface area contributed by atoms with Gasteiger partial charge in [-0.3, -0.25) is 0 Å². The topological polar surface area (TPSA) is 9.23 Å². The number of fused-ring (bicyclic) bond motifs is 1. The van der Waals surface area contributed by atoms with Crippen LogP contribution in [-0.2, 0) is 5.75 Å². The highest BCUT2D eigenvalue weighted by Gasteiger charge is 2.14. The van der Waals surface area contributed by atoms with Gasteiger partial charge in [0.15, 0.2) is 0 Å². The average molecular weight is 221 g/mol. The Balaban J connectivity index is 2.53. The lowest BCUT2D eigenvalue weighted by Crippen LogP contribution is -2.03. The van der Waals surface area contributed by atoms with Gasteiger partial charge in [0.05, 0.1) is 5.02 Å². The number of ether oxygens (including phenoxy) is 1. The van der Waals surface area contributed by atoms with E-state index in [9.17, 15) is 0 Å². The fourth-order valence-corrected chi connectivity index (χ4v) is 2.44. The van der Waals surface area contributed by atoms with Gasteiger partial charge in [0.25, 0.3) is 0 Å². The third-order valence-corrected chi connectivity index (χ3v) is 2.93. The van der Waals surface area contributed by atoms with Crippen LogP contribution in [0.15, 0.2) is 12.1 Å². The molecule has 0 unspecified atom stereocenters. The predicted octanol–water partition coefficient (Wildman–Crippen LogP) is 3.58. The zero-order valence-corrected chi connectivity index (χ0v) is 8.47. The van der Waals surface area contributed by atoms with E-state index in [1.54, 1.807) is 17.8 Å². The zero-order valence-electron chi connectivity index (χ0n) is 6.14. The Kier molecular flexibility index (Phi) is 2.40. The van der Waals surface area contributed by atoms with Gasteiger partial charge >= 0.3 is 0 Å². The van der Waals surface area contributed by atoms with Gasteiger partial charge in [0.2, 0.25) is 0 Å². The van der Waals surface area contributed by atoms with Crippen LogP contribution in [0.2, 0.25) is 10.0 Å². The van der Waals surface area contributed by atoms with Crippen molar-refractivity contribution in [3.05, 3.63) is 27.7 Å². The van der Waals surface area contributed by atoms with Crippen molar-refractivity contribution in [3.63, 3.8) is 0 Å². The smallest absolute Gasteiger partial charge is 0.143 e. The van der Waals surface area contributed by atoms with Crippen molar-refractivity contribution >= 4 is 35.0 Å². The average Bonchev–Trinajstić information content (AvgIpc) is 2.04. The first-order valence-corrected chi connectivity index (χ1v) is 5.37. The Labute approximate surface area is 85.0 Å². The molecule has 4 heteroatoms. The van der Waals surface area contributed by atoms with E-state index in [0.29, 0.717) is 16.0 Å². The molecule has 1 aromatic carbocycles. The second-order valence-corrected chi connectivity index (χ2v) is 4.26. The fourth-order valence-electron chi connectivity index (χ4n) is 1.13. The Morgan fingerprint density at radius 3 is 3.00 bits per heavy atom. The summed E-state index contributed by atoms with van der Waals surface area (Å²) in [5.41, 5.74) is 1.09. The van der Waals surface area contributed by atoms with Crippen LogP contribution in [0.5, 0.6) is 5.75 Å². The maximum Gasteiger partial charge on any atom is 0.143 e. The van der Waals surface area contributed by atoms with Crippen LogP contribution in [0.3, 0.4) is 0 Å². The Morgan fingerprint density at radius 2 is 2.17 bits per heavy atom. The molecule has 0 aliphatic carbocycles. The molecular weight excluding hydrogens is 215 g/mol. The van der Waals surface area contributed by atoms with Crippen molar-refractivity contribution < 1.29 is 4.74 Å². The summed E-state index contributed by atoms with van der Waals surface area (Å²) in [6, 6.07) is 3.60. The van der Waals surface area contributed by atoms with E-state index in [1.807, 2.05) is 6.07 Å². The third kappa shape index (κ3) is 1.51. The van der Waals surface area contributed by atoms with Gasteiger partial charge in [0, 0.05) is 16.3 Å². The molecule has 64 valence electrons. The van der Waals surface area contributed by atoms with Crippen LogP contribution < -0.4 is 4.74 Å². The molecule has 0 spiro atoms. The molecule has 1 aliphatic rings. The lowest BCUT2D eigenvalue weighted by Gasteiger charge is -2.17. The molecule has 2 rings (SSSR count). The van der Waals surface area contributed by atoms with E-state index >= 15 is 0 Å². The molecule has 0 atom stereocenters. The molecule has 0 aromatic heterocycles. The summed E-state index contributed by atoms with van der Waals surface area (Å²) in [6.07, 6.45) is 0. The lowest BCUT2D eigenvalue weighted by atomic mass is 10.2. The van der Waals surface area contributed by atoms with E-state index in [0.717, 1.165) is 17.1 Å². The Morgan fingerprint density at radius 1 is 1.33 bits per heavy atom. The van der Waals surface area contributed by atoms with Crippen molar-refractivity contribution in [2.45, 2.75) is 5.75 Å². The molecule has 1 aromatic rings. The number of benzene rings is 1. The lowest BCUT2D eigenvalue weighted by molar-refractivity contribution is 0.384. The van der Waals surface area contributed by atoms with Crippen molar-refractivity contribution in [3.8, 4) is 5.75 Å². The van der Waals surface area contributed by atoms with E-state index in [4.69, 9.17) is 27.9 Å². The molecule has 1 heterocycles. The normalized spacial score (nSPS) is 15.2. The number of hydrogen-bond donors (Lipinski definition) is 0. The summed E-state index contributed by atoms with van der Waals surface area (Å²) in [4.78, 5) is 0. The molecule has 0 amide bonds. The highest BCUT2D eigenvalue weighted by Crippen LogP contribution is 2.37. The molecular formula is C8H6Cl2OS. The molecule has 0 N–H and O–H groups in total. The highest BCUT2D eigenvalue weighted by molar-refractivity contribution is 7.98. The van der Waals surface area contributed by atoms with Gasteiger partial charge in [-0.05, 0) is 12.1 Å². The van der Waals surface area contributed by atoms with Crippen molar-refractivity contribution in [1.82, 2.24) is 0 Å². The molecule has 0 saturated carbocycles. The predicted molar refractivity (Wildman–Crippen MR) is 53.3 cm³/mol. The second-order valence-electron chi connectivity index (χ2n) is 2.49. The minimum atomic E-state index is 0.609. The summed E-state index contributed by atoms with van der Waals surface area (Å²) >= 11 is 13.5. The number of thioether (sulfide) groups is 1. The number of rotatable bonds is 0. The van der Waals surface area contributed by atoms with E-state index in [1.165, 1.54) is 0 Å². The summed E-state index contributed by atoms with van der Waals surface area (Å²) in [7, 11) is 0. The van der Waals surface area contributed by atoms with Gasteiger partial charge in [-0.15, -0.1) is 11.8 Å². The van der Waals surface area contributed by atoms with Crippen LogP contribution in [0.25, 0.3) is 0 Å². The summed E-state index contributed by atoms with van der Waals surface area (Å²) < 4.78 is 5.38. The van der Waals surface area contributed by atoms with Crippen LogP contribution in [0.1, 0.15) is 5.56 Å². The first kappa shape index (κ1) is 8.54. The van der Waals surface area contributed by atoms with Crippen LogP contribution >= 0.6 is 35.0 Å².